The summed E-state index contributed by atoms with van der Waals surface area (Å²) in [6.07, 6.45) is 5.23. The second-order valence-corrected chi connectivity index (χ2v) is 6.34. The Morgan fingerprint density at radius 2 is 1.73 bits per heavy atom. The maximum atomic E-state index is 10.4. The molecule has 0 unspecified atom stereocenters. The van der Waals surface area contributed by atoms with Gasteiger partial charge < -0.3 is 9.04 Å². The zero-order valence-corrected chi connectivity index (χ0v) is 10.3. The maximum absolute atomic E-state index is 10.4. The van der Waals surface area contributed by atoms with Crippen LogP contribution in [0, 0.1) is 0 Å². The second-order valence-electron chi connectivity index (χ2n) is 4.82. The van der Waals surface area contributed by atoms with Gasteiger partial charge in [-0.05, 0) is 32.1 Å². The van der Waals surface area contributed by atoms with Crippen LogP contribution in [0.15, 0.2) is 0 Å². The van der Waals surface area contributed by atoms with Crippen molar-refractivity contribution in [3.05, 3.63) is 0 Å². The van der Waals surface area contributed by atoms with Gasteiger partial charge in [0.25, 0.3) is 0 Å². The Bertz CT molecular complexity index is 281. The first-order valence-electron chi connectivity index (χ1n) is 5.68. The molecule has 0 atom stereocenters. The molecular weight excluding hydrogens is 214 g/mol. The molecule has 1 heterocycles. The topological polar surface area (TPSA) is 57.2 Å². The lowest BCUT2D eigenvalue weighted by atomic mass is 10.1. The van der Waals surface area contributed by atoms with E-state index in [1.54, 1.807) is 0 Å². The van der Waals surface area contributed by atoms with E-state index in [1.165, 1.54) is 32.4 Å². The maximum Gasteiger partial charge on any atom is 0.0945 e. The Kier molecular flexibility index (Phi) is 4.55. The minimum absolute atomic E-state index is 0.201. The molecule has 1 aliphatic rings. The van der Waals surface area contributed by atoms with E-state index in [1.807, 2.05) is 0 Å². The highest BCUT2D eigenvalue weighted by Gasteiger charge is 2.23. The zero-order chi connectivity index (χ0) is 11.4. The number of rotatable bonds is 5. The summed E-state index contributed by atoms with van der Waals surface area (Å²) >= 11 is 0. The van der Waals surface area contributed by atoms with E-state index >= 15 is 0 Å². The largest absolute Gasteiger partial charge is 0.748 e. The fraction of sp³-hybridized carbons (Fsp3) is 1.00. The van der Waals surface area contributed by atoms with Crippen molar-refractivity contribution < 1.29 is 17.5 Å². The molecule has 0 aromatic heterocycles. The molecule has 0 amide bonds. The molecule has 0 N–H and O–H groups in total. The zero-order valence-electron chi connectivity index (χ0n) is 9.44. The molecule has 0 aromatic carbocycles. The molecule has 0 bridgehead atoms. The fourth-order valence-electron chi connectivity index (χ4n) is 2.27. The number of hydrogen-bond donors (Lipinski definition) is 0. The average Bonchev–Trinajstić information content (AvgIpc) is 2.12. The molecule has 1 fully saturated rings. The van der Waals surface area contributed by atoms with Crippen LogP contribution < -0.4 is 0 Å². The van der Waals surface area contributed by atoms with Crippen LogP contribution in [0.2, 0.25) is 0 Å². The van der Waals surface area contributed by atoms with Crippen molar-refractivity contribution in [2.24, 2.45) is 0 Å². The number of unbranched alkanes of at least 4 members (excludes halogenated alkanes) is 1. The van der Waals surface area contributed by atoms with Crippen LogP contribution in [0.3, 0.4) is 0 Å². The highest BCUT2D eigenvalue weighted by atomic mass is 32.2. The molecule has 1 rings (SSSR count). The van der Waals surface area contributed by atoms with Crippen molar-refractivity contribution in [2.45, 2.75) is 32.1 Å². The summed E-state index contributed by atoms with van der Waals surface area (Å²) in [6.45, 7) is 3.41. The van der Waals surface area contributed by atoms with Crippen LogP contribution in [-0.2, 0) is 10.1 Å². The third kappa shape index (κ3) is 5.49. The molecule has 1 aliphatic heterocycles. The van der Waals surface area contributed by atoms with Gasteiger partial charge >= 0.3 is 0 Å². The molecule has 0 spiro atoms. The van der Waals surface area contributed by atoms with Gasteiger partial charge in [0.1, 0.15) is 0 Å². The van der Waals surface area contributed by atoms with Crippen LogP contribution in [-0.4, -0.2) is 49.9 Å². The van der Waals surface area contributed by atoms with Gasteiger partial charge in [0.2, 0.25) is 0 Å². The molecule has 4 nitrogen and oxygen atoms in total. The Balaban J connectivity index is 2.19. The number of likely N-dealkylation sites (tertiary alicyclic amines) is 1. The summed E-state index contributed by atoms with van der Waals surface area (Å²) < 4.78 is 32.3. The first-order valence-corrected chi connectivity index (χ1v) is 7.26. The number of nitrogens with zero attached hydrogens (tertiary/aromatic N) is 1. The first kappa shape index (κ1) is 12.9. The van der Waals surface area contributed by atoms with Crippen molar-refractivity contribution in [3.8, 4) is 0 Å². The molecule has 0 aliphatic carbocycles. The Morgan fingerprint density at radius 1 is 1.13 bits per heavy atom. The molecule has 0 radical (unpaired) electrons. The molecule has 0 saturated carbocycles. The van der Waals surface area contributed by atoms with Crippen LogP contribution >= 0.6 is 0 Å². The lowest BCUT2D eigenvalue weighted by Crippen LogP contribution is -2.48. The van der Waals surface area contributed by atoms with Crippen LogP contribution in [0.1, 0.15) is 32.1 Å². The Morgan fingerprint density at radius 3 is 2.27 bits per heavy atom. The summed E-state index contributed by atoms with van der Waals surface area (Å²) in [5.74, 6) is -0.201. The van der Waals surface area contributed by atoms with Gasteiger partial charge in [-0.3, -0.25) is 0 Å². The van der Waals surface area contributed by atoms with E-state index in [2.05, 4.69) is 7.05 Å². The summed E-state index contributed by atoms with van der Waals surface area (Å²) in [6, 6.07) is 0. The quantitative estimate of drug-likeness (QED) is 0.405. The Labute approximate surface area is 92.6 Å². The minimum Gasteiger partial charge on any atom is -0.748 e. The highest BCUT2D eigenvalue weighted by Crippen LogP contribution is 2.17. The molecule has 15 heavy (non-hydrogen) atoms. The molecule has 0 aromatic rings. The van der Waals surface area contributed by atoms with E-state index in [9.17, 15) is 13.0 Å². The molecular formula is C10H21NO3S. The van der Waals surface area contributed by atoms with E-state index < -0.39 is 10.1 Å². The summed E-state index contributed by atoms with van der Waals surface area (Å²) in [5.41, 5.74) is 0. The van der Waals surface area contributed by atoms with E-state index in [-0.39, 0.29) is 5.75 Å². The molecule has 1 saturated heterocycles. The van der Waals surface area contributed by atoms with E-state index in [0.29, 0.717) is 6.42 Å². The normalized spacial score (nSPS) is 21.5. The predicted molar refractivity (Wildman–Crippen MR) is 58.4 cm³/mol. The number of hydrogen-bond acceptors (Lipinski definition) is 3. The predicted octanol–water partition coefficient (Wildman–Crippen LogP) is 0.942. The standard InChI is InChI=1S/C10H21NO3S/c1-11(7-3-2-4-8-11)9-5-6-10-15(12,13)14/h2-10H2,1H3. The van der Waals surface area contributed by atoms with Gasteiger partial charge in [-0.2, -0.15) is 0 Å². The van der Waals surface area contributed by atoms with Gasteiger partial charge in [-0.1, -0.05) is 0 Å². The summed E-state index contributed by atoms with van der Waals surface area (Å²) in [7, 11) is -1.78. The lowest BCUT2D eigenvalue weighted by Gasteiger charge is -2.37. The van der Waals surface area contributed by atoms with E-state index in [4.69, 9.17) is 0 Å². The fourth-order valence-corrected chi connectivity index (χ4v) is 2.83. The third-order valence-corrected chi connectivity index (χ3v) is 4.03. The third-order valence-electron chi connectivity index (χ3n) is 3.24. The smallest absolute Gasteiger partial charge is 0.0945 e. The lowest BCUT2D eigenvalue weighted by molar-refractivity contribution is -0.914. The van der Waals surface area contributed by atoms with Gasteiger partial charge in [0.05, 0.1) is 36.8 Å². The summed E-state index contributed by atoms with van der Waals surface area (Å²) in [5, 5.41) is 0. The van der Waals surface area contributed by atoms with Crippen LogP contribution in [0.4, 0.5) is 0 Å². The van der Waals surface area contributed by atoms with Gasteiger partial charge in [-0.25, -0.2) is 8.42 Å². The van der Waals surface area contributed by atoms with Crippen LogP contribution in [0.25, 0.3) is 0 Å². The SMILES string of the molecule is C[N+]1(CCCCS(=O)(=O)[O-])CCCCC1. The first-order chi connectivity index (χ1) is 6.91. The second kappa shape index (κ2) is 5.27. The summed E-state index contributed by atoms with van der Waals surface area (Å²) in [4.78, 5) is 0. The van der Waals surface area contributed by atoms with Crippen molar-refractivity contribution >= 4 is 10.1 Å². The Hall–Kier alpha value is -0.130. The highest BCUT2D eigenvalue weighted by molar-refractivity contribution is 7.85. The van der Waals surface area contributed by atoms with Crippen molar-refractivity contribution in [1.29, 1.82) is 0 Å². The van der Waals surface area contributed by atoms with Crippen molar-refractivity contribution in [1.82, 2.24) is 0 Å². The minimum atomic E-state index is -4.00. The van der Waals surface area contributed by atoms with Crippen LogP contribution in [0.5, 0.6) is 0 Å². The van der Waals surface area contributed by atoms with Gasteiger partial charge in [0.15, 0.2) is 0 Å². The van der Waals surface area contributed by atoms with Crippen molar-refractivity contribution in [2.75, 3.05) is 32.4 Å². The van der Waals surface area contributed by atoms with Gasteiger partial charge in [0, 0.05) is 5.75 Å². The average molecular weight is 235 g/mol. The van der Waals surface area contributed by atoms with Crippen molar-refractivity contribution in [3.63, 3.8) is 0 Å². The number of quaternary nitrogens is 1. The van der Waals surface area contributed by atoms with E-state index in [0.717, 1.165) is 17.4 Å². The monoisotopic (exact) mass is 235 g/mol. The number of piperidine rings is 1. The van der Waals surface area contributed by atoms with Gasteiger partial charge in [-0.15, -0.1) is 0 Å². The molecule has 5 heteroatoms. The molecule has 90 valence electrons.